The zero-order valence-corrected chi connectivity index (χ0v) is 8.88. The van der Waals surface area contributed by atoms with E-state index in [1.807, 2.05) is 17.5 Å². The maximum Gasteiger partial charge on any atom is 0.264 e. The topological polar surface area (TPSA) is 40.5 Å². The quantitative estimate of drug-likeness (QED) is 0.761. The average molecular weight is 211 g/mol. The third-order valence-corrected chi connectivity index (χ3v) is 3.33. The second kappa shape index (κ2) is 3.37. The van der Waals surface area contributed by atoms with E-state index >= 15 is 0 Å². The van der Waals surface area contributed by atoms with E-state index in [9.17, 15) is 9.90 Å². The van der Waals surface area contributed by atoms with Crippen LogP contribution in [-0.4, -0.2) is 34.6 Å². The van der Waals surface area contributed by atoms with Gasteiger partial charge in [0.1, 0.15) is 0 Å². The molecule has 0 aliphatic carbocycles. The van der Waals surface area contributed by atoms with E-state index in [2.05, 4.69) is 0 Å². The number of β-amino-alcohol motifs (C(OH)–C–C–N with tert-alkyl or cyclic N) is 1. The molecule has 0 aromatic carbocycles. The minimum absolute atomic E-state index is 0.0396. The highest BCUT2D eigenvalue weighted by atomic mass is 32.1. The van der Waals surface area contributed by atoms with Gasteiger partial charge in [0, 0.05) is 13.1 Å². The summed E-state index contributed by atoms with van der Waals surface area (Å²) in [6, 6.07) is 3.69. The van der Waals surface area contributed by atoms with Crippen molar-refractivity contribution in [3.63, 3.8) is 0 Å². The van der Waals surface area contributed by atoms with E-state index in [0.717, 1.165) is 4.88 Å². The van der Waals surface area contributed by atoms with Crippen molar-refractivity contribution in [3.8, 4) is 0 Å². The van der Waals surface area contributed by atoms with Crippen LogP contribution in [-0.2, 0) is 0 Å². The molecule has 14 heavy (non-hydrogen) atoms. The fraction of sp³-hybridized carbons (Fsp3) is 0.500. The molecular weight excluding hydrogens is 198 g/mol. The molecule has 0 saturated carbocycles. The Labute approximate surface area is 87.0 Å². The van der Waals surface area contributed by atoms with Crippen molar-refractivity contribution in [1.82, 2.24) is 4.90 Å². The Morgan fingerprint density at radius 1 is 1.71 bits per heavy atom. The summed E-state index contributed by atoms with van der Waals surface area (Å²) in [6.45, 7) is 2.88. The molecule has 0 spiro atoms. The number of hydrogen-bond donors (Lipinski definition) is 1. The van der Waals surface area contributed by atoms with Crippen molar-refractivity contribution < 1.29 is 9.90 Å². The first-order chi connectivity index (χ1) is 6.58. The Kier molecular flexibility index (Phi) is 2.33. The van der Waals surface area contributed by atoms with Gasteiger partial charge in [-0.2, -0.15) is 0 Å². The molecule has 3 nitrogen and oxygen atoms in total. The summed E-state index contributed by atoms with van der Waals surface area (Å²) in [5.74, 6) is 0.0396. The van der Waals surface area contributed by atoms with Crippen LogP contribution < -0.4 is 0 Å². The lowest BCUT2D eigenvalue weighted by atomic mass is 10.1. The van der Waals surface area contributed by atoms with Gasteiger partial charge in [-0.25, -0.2) is 0 Å². The van der Waals surface area contributed by atoms with Crippen molar-refractivity contribution in [2.45, 2.75) is 18.9 Å². The highest BCUT2D eigenvalue weighted by Gasteiger charge is 2.34. The molecule has 1 aliphatic rings. The zero-order valence-electron chi connectivity index (χ0n) is 8.06. The van der Waals surface area contributed by atoms with Crippen molar-refractivity contribution in [2.24, 2.45) is 0 Å². The van der Waals surface area contributed by atoms with Crippen LogP contribution in [0.25, 0.3) is 0 Å². The SMILES string of the molecule is CC1(O)CCN(C(=O)c2cccs2)C1. The third kappa shape index (κ3) is 1.81. The van der Waals surface area contributed by atoms with Crippen LogP contribution in [0.1, 0.15) is 23.0 Å². The van der Waals surface area contributed by atoms with Crippen LogP contribution in [0.5, 0.6) is 0 Å². The number of carbonyl (C=O) groups excluding carboxylic acids is 1. The van der Waals surface area contributed by atoms with Gasteiger partial charge in [-0.05, 0) is 24.8 Å². The van der Waals surface area contributed by atoms with E-state index in [4.69, 9.17) is 0 Å². The van der Waals surface area contributed by atoms with E-state index in [1.165, 1.54) is 11.3 Å². The average Bonchev–Trinajstić information content (AvgIpc) is 2.72. The van der Waals surface area contributed by atoms with Crippen LogP contribution in [0.3, 0.4) is 0 Å². The van der Waals surface area contributed by atoms with Crippen molar-refractivity contribution in [1.29, 1.82) is 0 Å². The molecular formula is C10H13NO2S. The van der Waals surface area contributed by atoms with E-state index in [0.29, 0.717) is 19.5 Å². The number of hydrogen-bond acceptors (Lipinski definition) is 3. The van der Waals surface area contributed by atoms with Gasteiger partial charge in [-0.3, -0.25) is 4.79 Å². The molecule has 2 heterocycles. The van der Waals surface area contributed by atoms with Crippen molar-refractivity contribution in [2.75, 3.05) is 13.1 Å². The first-order valence-corrected chi connectivity index (χ1v) is 5.52. The Balaban J connectivity index is 2.08. The summed E-state index contributed by atoms with van der Waals surface area (Å²) in [5, 5.41) is 11.6. The fourth-order valence-corrected chi connectivity index (χ4v) is 2.37. The highest BCUT2D eigenvalue weighted by molar-refractivity contribution is 7.12. The van der Waals surface area contributed by atoms with E-state index < -0.39 is 5.60 Å². The predicted molar refractivity (Wildman–Crippen MR) is 55.5 cm³/mol. The van der Waals surface area contributed by atoms with Gasteiger partial charge in [0.05, 0.1) is 10.5 Å². The number of likely N-dealkylation sites (tertiary alicyclic amines) is 1. The summed E-state index contributed by atoms with van der Waals surface area (Å²) in [7, 11) is 0. The molecule has 1 fully saturated rings. The van der Waals surface area contributed by atoms with E-state index in [1.54, 1.807) is 11.8 Å². The Morgan fingerprint density at radius 3 is 3.00 bits per heavy atom. The van der Waals surface area contributed by atoms with Gasteiger partial charge in [-0.15, -0.1) is 11.3 Å². The minimum atomic E-state index is -0.701. The molecule has 1 saturated heterocycles. The van der Waals surface area contributed by atoms with Gasteiger partial charge in [0.2, 0.25) is 0 Å². The third-order valence-electron chi connectivity index (χ3n) is 2.47. The lowest BCUT2D eigenvalue weighted by Gasteiger charge is -2.18. The number of amides is 1. The normalized spacial score (nSPS) is 26.9. The molecule has 2 rings (SSSR count). The van der Waals surface area contributed by atoms with Gasteiger partial charge >= 0.3 is 0 Å². The summed E-state index contributed by atoms with van der Waals surface area (Å²) in [4.78, 5) is 14.3. The molecule has 0 bridgehead atoms. The maximum atomic E-state index is 11.8. The van der Waals surface area contributed by atoms with Crippen LogP contribution in [0.4, 0.5) is 0 Å². The van der Waals surface area contributed by atoms with Crippen molar-refractivity contribution >= 4 is 17.2 Å². The van der Waals surface area contributed by atoms with Crippen LogP contribution >= 0.6 is 11.3 Å². The van der Waals surface area contributed by atoms with Crippen LogP contribution in [0.2, 0.25) is 0 Å². The van der Waals surface area contributed by atoms with Crippen LogP contribution in [0.15, 0.2) is 17.5 Å². The molecule has 1 atom stereocenters. The van der Waals surface area contributed by atoms with Gasteiger partial charge in [0.15, 0.2) is 0 Å². The second-order valence-corrected chi connectivity index (χ2v) is 4.90. The molecule has 1 unspecified atom stereocenters. The molecule has 1 aliphatic heterocycles. The summed E-state index contributed by atoms with van der Waals surface area (Å²) in [5.41, 5.74) is -0.701. The number of thiophene rings is 1. The molecule has 0 radical (unpaired) electrons. The number of aliphatic hydroxyl groups is 1. The minimum Gasteiger partial charge on any atom is -0.388 e. The molecule has 76 valence electrons. The molecule has 1 aromatic rings. The Hall–Kier alpha value is -0.870. The number of rotatable bonds is 1. The second-order valence-electron chi connectivity index (χ2n) is 3.95. The predicted octanol–water partition coefficient (Wildman–Crippen LogP) is 1.35. The monoisotopic (exact) mass is 211 g/mol. The first kappa shape index (κ1) is 9.68. The summed E-state index contributed by atoms with van der Waals surface area (Å²) < 4.78 is 0. The Morgan fingerprint density at radius 2 is 2.50 bits per heavy atom. The molecule has 1 aromatic heterocycles. The standard InChI is InChI=1S/C10H13NO2S/c1-10(13)4-5-11(7-10)9(12)8-3-2-6-14-8/h2-3,6,13H,4-5,7H2,1H3. The van der Waals surface area contributed by atoms with Gasteiger partial charge in [0.25, 0.3) is 5.91 Å². The Bertz CT molecular complexity index is 332. The van der Waals surface area contributed by atoms with Crippen molar-refractivity contribution in [3.05, 3.63) is 22.4 Å². The first-order valence-electron chi connectivity index (χ1n) is 4.64. The lowest BCUT2D eigenvalue weighted by Crippen LogP contribution is -2.33. The van der Waals surface area contributed by atoms with Crippen LogP contribution in [0, 0.1) is 0 Å². The lowest BCUT2D eigenvalue weighted by molar-refractivity contribution is 0.0575. The van der Waals surface area contributed by atoms with Gasteiger partial charge in [-0.1, -0.05) is 6.07 Å². The van der Waals surface area contributed by atoms with Gasteiger partial charge < -0.3 is 10.0 Å². The summed E-state index contributed by atoms with van der Waals surface area (Å²) >= 11 is 1.45. The molecule has 1 N–H and O–H groups in total. The number of nitrogens with zero attached hydrogens (tertiary/aromatic N) is 1. The van der Waals surface area contributed by atoms with E-state index in [-0.39, 0.29) is 5.91 Å². The highest BCUT2D eigenvalue weighted by Crippen LogP contribution is 2.23. The smallest absolute Gasteiger partial charge is 0.264 e. The molecule has 4 heteroatoms. The fourth-order valence-electron chi connectivity index (χ4n) is 1.67. The largest absolute Gasteiger partial charge is 0.388 e. The number of carbonyl (C=O) groups is 1. The summed E-state index contributed by atoms with van der Waals surface area (Å²) in [6.07, 6.45) is 0.671. The zero-order chi connectivity index (χ0) is 10.2. The molecule has 1 amide bonds. The maximum absolute atomic E-state index is 11.8.